The van der Waals surface area contributed by atoms with Crippen molar-refractivity contribution >= 4 is 23.2 Å². The van der Waals surface area contributed by atoms with Crippen LogP contribution in [0.2, 0.25) is 10.0 Å². The molecule has 0 spiro atoms. The first-order valence-corrected chi connectivity index (χ1v) is 6.68. The van der Waals surface area contributed by atoms with E-state index in [-0.39, 0.29) is 0 Å². The lowest BCUT2D eigenvalue weighted by Crippen LogP contribution is -2.22. The summed E-state index contributed by atoms with van der Waals surface area (Å²) in [6, 6.07) is 6.77. The molecule has 1 unspecified atom stereocenters. The third-order valence-electron chi connectivity index (χ3n) is 3.69. The number of likely N-dealkylation sites (tertiary alicyclic amines) is 1. The molecule has 86 valence electrons. The zero-order valence-corrected chi connectivity index (χ0v) is 10.6. The van der Waals surface area contributed by atoms with Crippen LogP contribution in [-0.4, -0.2) is 24.0 Å². The van der Waals surface area contributed by atoms with Gasteiger partial charge in [0.15, 0.2) is 0 Å². The maximum Gasteiger partial charge on any atom is 0.0456 e. The minimum Gasteiger partial charge on any atom is -0.300 e. The van der Waals surface area contributed by atoms with Crippen molar-refractivity contribution in [3.8, 4) is 0 Å². The molecule has 0 aromatic heterocycles. The average Bonchev–Trinajstić information content (AvgIpc) is 2.98. The number of hydrogen-bond donors (Lipinski definition) is 0. The van der Waals surface area contributed by atoms with E-state index in [1.54, 1.807) is 0 Å². The molecule has 0 N–H and O–H groups in total. The molecular formula is C13H15Cl2N. The van der Waals surface area contributed by atoms with Gasteiger partial charge in [0.25, 0.3) is 0 Å². The van der Waals surface area contributed by atoms with Crippen molar-refractivity contribution < 1.29 is 0 Å². The van der Waals surface area contributed by atoms with Gasteiger partial charge in [0.1, 0.15) is 0 Å². The highest BCUT2D eigenvalue weighted by Crippen LogP contribution is 2.38. The lowest BCUT2D eigenvalue weighted by molar-refractivity contribution is 0.324. The van der Waals surface area contributed by atoms with Gasteiger partial charge < -0.3 is 0 Å². The van der Waals surface area contributed by atoms with E-state index in [9.17, 15) is 0 Å². The predicted octanol–water partition coefficient (Wildman–Crippen LogP) is 3.95. The third kappa shape index (κ3) is 2.09. The second-order valence-electron chi connectivity index (χ2n) is 4.88. The highest BCUT2D eigenvalue weighted by atomic mass is 35.5. The summed E-state index contributed by atoms with van der Waals surface area (Å²) < 4.78 is 0. The zero-order chi connectivity index (χ0) is 11.1. The van der Waals surface area contributed by atoms with Gasteiger partial charge in [-0.1, -0.05) is 29.3 Å². The van der Waals surface area contributed by atoms with Gasteiger partial charge in [0.05, 0.1) is 0 Å². The Morgan fingerprint density at radius 2 is 1.94 bits per heavy atom. The summed E-state index contributed by atoms with van der Waals surface area (Å²) in [4.78, 5) is 2.61. The summed E-state index contributed by atoms with van der Waals surface area (Å²) in [5.74, 6) is 0.602. The second-order valence-corrected chi connectivity index (χ2v) is 5.72. The Kier molecular flexibility index (Phi) is 2.87. The monoisotopic (exact) mass is 255 g/mol. The molecule has 1 heterocycles. The van der Waals surface area contributed by atoms with Gasteiger partial charge in [0, 0.05) is 22.6 Å². The molecule has 2 aliphatic rings. The average molecular weight is 256 g/mol. The number of halogens is 2. The molecule has 0 amide bonds. The minimum atomic E-state index is 0.602. The molecule has 1 nitrogen and oxygen atoms in total. The number of hydrogen-bond acceptors (Lipinski definition) is 1. The molecule has 1 aromatic rings. The summed E-state index contributed by atoms with van der Waals surface area (Å²) >= 11 is 12.2. The molecular weight excluding hydrogens is 241 g/mol. The highest BCUT2D eigenvalue weighted by Gasteiger charge is 2.35. The van der Waals surface area contributed by atoms with Crippen molar-refractivity contribution in [1.29, 1.82) is 0 Å². The van der Waals surface area contributed by atoms with Crippen LogP contribution in [0.4, 0.5) is 0 Å². The summed E-state index contributed by atoms with van der Waals surface area (Å²) in [5, 5.41) is 1.56. The van der Waals surface area contributed by atoms with E-state index in [1.807, 2.05) is 12.1 Å². The van der Waals surface area contributed by atoms with Crippen LogP contribution >= 0.6 is 23.2 Å². The van der Waals surface area contributed by atoms with Gasteiger partial charge >= 0.3 is 0 Å². The van der Waals surface area contributed by atoms with Crippen molar-refractivity contribution in [3.63, 3.8) is 0 Å². The molecule has 1 saturated heterocycles. The van der Waals surface area contributed by atoms with Crippen molar-refractivity contribution in [2.24, 2.45) is 0 Å². The van der Waals surface area contributed by atoms with E-state index in [0.29, 0.717) is 5.92 Å². The van der Waals surface area contributed by atoms with Gasteiger partial charge in [-0.15, -0.1) is 0 Å². The SMILES string of the molecule is Clc1ccc(C2CCN(C3CC3)C2)c(Cl)c1. The topological polar surface area (TPSA) is 3.24 Å². The van der Waals surface area contributed by atoms with Crippen LogP contribution < -0.4 is 0 Å². The Morgan fingerprint density at radius 1 is 1.12 bits per heavy atom. The van der Waals surface area contributed by atoms with Crippen LogP contribution in [0.25, 0.3) is 0 Å². The first-order valence-electron chi connectivity index (χ1n) is 5.93. The Balaban J connectivity index is 1.77. The summed E-state index contributed by atoms with van der Waals surface area (Å²) in [7, 11) is 0. The standard InChI is InChI=1S/C13H15Cl2N/c14-10-1-4-12(13(15)7-10)9-5-6-16(8-9)11-2-3-11/h1,4,7,9,11H,2-3,5-6,8H2. The fraction of sp³-hybridized carbons (Fsp3) is 0.538. The molecule has 0 radical (unpaired) electrons. The molecule has 1 aromatic carbocycles. The van der Waals surface area contributed by atoms with E-state index in [2.05, 4.69) is 11.0 Å². The molecule has 1 saturated carbocycles. The van der Waals surface area contributed by atoms with E-state index >= 15 is 0 Å². The summed E-state index contributed by atoms with van der Waals surface area (Å²) in [6.45, 7) is 2.40. The number of benzene rings is 1. The van der Waals surface area contributed by atoms with Crippen LogP contribution in [0.1, 0.15) is 30.7 Å². The smallest absolute Gasteiger partial charge is 0.0456 e. The molecule has 1 aliphatic heterocycles. The Hall–Kier alpha value is -0.240. The number of nitrogens with zero attached hydrogens (tertiary/aromatic N) is 1. The van der Waals surface area contributed by atoms with Crippen LogP contribution in [0, 0.1) is 0 Å². The largest absolute Gasteiger partial charge is 0.300 e. The minimum absolute atomic E-state index is 0.602. The molecule has 3 heteroatoms. The molecule has 1 atom stereocenters. The maximum absolute atomic E-state index is 6.25. The van der Waals surface area contributed by atoms with Crippen molar-refractivity contribution in [3.05, 3.63) is 33.8 Å². The first kappa shape index (κ1) is 10.9. The van der Waals surface area contributed by atoms with Gasteiger partial charge in [0.2, 0.25) is 0 Å². The summed E-state index contributed by atoms with van der Waals surface area (Å²) in [5.41, 5.74) is 1.27. The quantitative estimate of drug-likeness (QED) is 0.774. The van der Waals surface area contributed by atoms with Crippen LogP contribution in [0.3, 0.4) is 0 Å². The second kappa shape index (κ2) is 4.21. The van der Waals surface area contributed by atoms with Crippen LogP contribution in [-0.2, 0) is 0 Å². The van der Waals surface area contributed by atoms with Gasteiger partial charge in [-0.25, -0.2) is 0 Å². The Bertz CT molecular complexity index is 401. The van der Waals surface area contributed by atoms with Gasteiger partial charge in [-0.2, -0.15) is 0 Å². The molecule has 0 bridgehead atoms. The predicted molar refractivity (Wildman–Crippen MR) is 68.4 cm³/mol. The Morgan fingerprint density at radius 3 is 2.62 bits per heavy atom. The van der Waals surface area contributed by atoms with Crippen molar-refractivity contribution in [1.82, 2.24) is 4.90 Å². The Labute approximate surface area is 106 Å². The maximum atomic E-state index is 6.25. The normalized spacial score (nSPS) is 26.2. The van der Waals surface area contributed by atoms with Crippen molar-refractivity contribution in [2.75, 3.05) is 13.1 Å². The van der Waals surface area contributed by atoms with Crippen molar-refractivity contribution in [2.45, 2.75) is 31.2 Å². The molecule has 2 fully saturated rings. The van der Waals surface area contributed by atoms with E-state index in [0.717, 1.165) is 16.1 Å². The van der Waals surface area contributed by atoms with Crippen LogP contribution in [0.15, 0.2) is 18.2 Å². The fourth-order valence-corrected chi connectivity index (χ4v) is 3.21. The highest BCUT2D eigenvalue weighted by molar-refractivity contribution is 6.35. The fourth-order valence-electron chi connectivity index (χ4n) is 2.65. The van der Waals surface area contributed by atoms with E-state index in [4.69, 9.17) is 23.2 Å². The first-order chi connectivity index (χ1) is 7.74. The van der Waals surface area contributed by atoms with Gasteiger partial charge in [-0.05, 0) is 49.4 Å². The third-order valence-corrected chi connectivity index (χ3v) is 4.25. The number of rotatable bonds is 2. The molecule has 3 rings (SSSR count). The zero-order valence-electron chi connectivity index (χ0n) is 9.13. The van der Waals surface area contributed by atoms with Crippen LogP contribution in [0.5, 0.6) is 0 Å². The van der Waals surface area contributed by atoms with Gasteiger partial charge in [-0.3, -0.25) is 4.90 Å². The van der Waals surface area contributed by atoms with E-state index < -0.39 is 0 Å². The lowest BCUT2D eigenvalue weighted by Gasteiger charge is -2.15. The molecule has 1 aliphatic carbocycles. The summed E-state index contributed by atoms with van der Waals surface area (Å²) in [6.07, 6.45) is 4.01. The molecule has 16 heavy (non-hydrogen) atoms. The van der Waals surface area contributed by atoms with E-state index in [1.165, 1.54) is 37.9 Å². The lowest BCUT2D eigenvalue weighted by atomic mass is 9.98.